The molecule has 5 nitrogen and oxygen atoms in total. The predicted octanol–water partition coefficient (Wildman–Crippen LogP) is 5.53. The minimum Gasteiger partial charge on any atom is -0.496 e. The Morgan fingerprint density at radius 3 is 2.38 bits per heavy atom. The highest BCUT2D eigenvalue weighted by Crippen LogP contribution is 2.50. The van der Waals surface area contributed by atoms with E-state index in [9.17, 15) is 9.90 Å². The Balaban J connectivity index is 1.80. The highest BCUT2D eigenvalue weighted by molar-refractivity contribution is 6.63. The van der Waals surface area contributed by atoms with E-state index in [-0.39, 0.29) is 0 Å². The van der Waals surface area contributed by atoms with E-state index in [4.69, 9.17) is 14.0 Å². The number of hydrogen-bond donors (Lipinski definition) is 1. The number of ether oxygens (including phenoxy) is 1. The van der Waals surface area contributed by atoms with Gasteiger partial charge in [-0.3, -0.25) is 0 Å². The van der Waals surface area contributed by atoms with E-state index in [2.05, 4.69) is 19.9 Å². The molecular formula is C28H39BO5. The molecule has 0 amide bonds. The lowest BCUT2D eigenvalue weighted by Crippen LogP contribution is -2.41. The second-order valence-corrected chi connectivity index (χ2v) is 11.6. The third kappa shape index (κ3) is 4.72. The highest BCUT2D eigenvalue weighted by Gasteiger charge is 2.52. The summed E-state index contributed by atoms with van der Waals surface area (Å²) in [4.78, 5) is 11.2. The van der Waals surface area contributed by atoms with Gasteiger partial charge in [0.15, 0.2) is 0 Å². The van der Waals surface area contributed by atoms with Crippen molar-refractivity contribution in [1.29, 1.82) is 0 Å². The van der Waals surface area contributed by atoms with Crippen LogP contribution >= 0.6 is 0 Å². The summed E-state index contributed by atoms with van der Waals surface area (Å²) in [5, 5.41) is 9.21. The Bertz CT molecular complexity index is 988. The molecule has 34 heavy (non-hydrogen) atoms. The second-order valence-electron chi connectivity index (χ2n) is 11.6. The van der Waals surface area contributed by atoms with Crippen molar-refractivity contribution >= 4 is 30.4 Å². The van der Waals surface area contributed by atoms with Gasteiger partial charge >= 0.3 is 13.1 Å². The van der Waals surface area contributed by atoms with Crippen molar-refractivity contribution in [2.75, 3.05) is 7.11 Å². The van der Waals surface area contributed by atoms with Gasteiger partial charge in [-0.2, -0.15) is 0 Å². The lowest BCUT2D eigenvalue weighted by Gasteiger charge is -2.43. The number of carboxylic acids is 1. The predicted molar refractivity (Wildman–Crippen MR) is 137 cm³/mol. The molecule has 6 heteroatoms. The average Bonchev–Trinajstić information content (AvgIpc) is 2.95. The van der Waals surface area contributed by atoms with Crippen LogP contribution in [-0.2, 0) is 18.8 Å². The minimum absolute atomic E-state index is 0.484. The molecule has 0 radical (unpaired) electrons. The van der Waals surface area contributed by atoms with Crippen molar-refractivity contribution in [3.63, 3.8) is 0 Å². The van der Waals surface area contributed by atoms with E-state index < -0.39 is 24.3 Å². The Morgan fingerprint density at radius 1 is 1.09 bits per heavy atom. The summed E-state index contributed by atoms with van der Waals surface area (Å²) < 4.78 is 18.8. The molecule has 2 bridgehead atoms. The van der Waals surface area contributed by atoms with Crippen LogP contribution in [0.4, 0.5) is 0 Å². The maximum absolute atomic E-state index is 11.2. The SMILES string of the molecule is CO/C(=C1/C(C)CC2CC(C)CC1C2)c1ccc(/C=C/C(=O)O)c(B2OC(C)(C)C(C)(C)O2)c1. The van der Waals surface area contributed by atoms with E-state index in [1.165, 1.54) is 31.3 Å². The topological polar surface area (TPSA) is 65.0 Å². The third-order valence-corrected chi connectivity index (χ3v) is 8.43. The van der Waals surface area contributed by atoms with Gasteiger partial charge in [0.25, 0.3) is 0 Å². The standard InChI is InChI=1S/C28H39BO5/c1-17-12-19-14-18(2)25(22(13-17)15-19)26(32-7)21-9-8-20(10-11-24(30)31)23(16-21)29-33-27(3,4)28(5,6)34-29/h8-11,16-19,22H,12-15H2,1-7H3,(H,30,31)/b11-10+,26-25-. The Hall–Kier alpha value is -2.05. The van der Waals surface area contributed by atoms with Gasteiger partial charge in [-0.15, -0.1) is 0 Å². The zero-order valence-electron chi connectivity index (χ0n) is 21.7. The molecule has 0 spiro atoms. The summed E-state index contributed by atoms with van der Waals surface area (Å²) in [6, 6.07) is 6.06. The summed E-state index contributed by atoms with van der Waals surface area (Å²) in [7, 11) is 1.17. The van der Waals surface area contributed by atoms with E-state index in [1.54, 1.807) is 13.2 Å². The summed E-state index contributed by atoms with van der Waals surface area (Å²) in [6.45, 7) is 12.8. The normalized spacial score (nSPS) is 31.6. The second kappa shape index (κ2) is 9.20. The fourth-order valence-electron chi connectivity index (χ4n) is 6.24. The lowest BCUT2D eigenvalue weighted by molar-refractivity contribution is -0.131. The van der Waals surface area contributed by atoms with Crippen molar-refractivity contribution in [1.82, 2.24) is 0 Å². The fraction of sp³-hybridized carbons (Fsp3) is 0.607. The summed E-state index contributed by atoms with van der Waals surface area (Å²) in [5.74, 6) is 2.57. The van der Waals surface area contributed by atoms with Crippen molar-refractivity contribution in [3.05, 3.63) is 41.0 Å². The molecule has 184 valence electrons. The average molecular weight is 466 g/mol. The van der Waals surface area contributed by atoms with Gasteiger partial charge in [0.05, 0.1) is 18.3 Å². The fourth-order valence-corrected chi connectivity index (χ4v) is 6.24. The molecule has 1 aliphatic heterocycles. The molecule has 1 saturated heterocycles. The molecule has 1 N–H and O–H groups in total. The maximum atomic E-state index is 11.2. The number of carbonyl (C=O) groups is 1. The van der Waals surface area contributed by atoms with Gasteiger partial charge in [0.1, 0.15) is 5.76 Å². The van der Waals surface area contributed by atoms with Crippen molar-refractivity contribution in [2.45, 2.75) is 78.4 Å². The molecule has 2 aliphatic carbocycles. The molecule has 1 aromatic carbocycles. The zero-order chi connectivity index (χ0) is 24.8. The number of benzene rings is 1. The maximum Gasteiger partial charge on any atom is 0.495 e. The number of methoxy groups -OCH3 is 1. The largest absolute Gasteiger partial charge is 0.496 e. The van der Waals surface area contributed by atoms with Crippen molar-refractivity contribution in [3.8, 4) is 0 Å². The molecule has 1 heterocycles. The highest BCUT2D eigenvalue weighted by atomic mass is 16.7. The molecule has 4 atom stereocenters. The van der Waals surface area contributed by atoms with E-state index in [1.807, 2.05) is 39.8 Å². The van der Waals surface area contributed by atoms with Crippen LogP contribution in [0.5, 0.6) is 0 Å². The van der Waals surface area contributed by atoms with Gasteiger partial charge in [-0.05, 0) is 99.7 Å². The minimum atomic E-state index is -0.986. The van der Waals surface area contributed by atoms with Gasteiger partial charge in [0, 0.05) is 11.6 Å². The van der Waals surface area contributed by atoms with Gasteiger partial charge in [0.2, 0.25) is 0 Å². The first kappa shape index (κ1) is 25.1. The first-order valence-electron chi connectivity index (χ1n) is 12.6. The molecule has 3 aliphatic rings. The Morgan fingerprint density at radius 2 is 1.76 bits per heavy atom. The Kier molecular flexibility index (Phi) is 6.78. The van der Waals surface area contributed by atoms with E-state index in [0.717, 1.165) is 40.3 Å². The molecule has 3 fully saturated rings. The number of rotatable bonds is 5. The summed E-state index contributed by atoms with van der Waals surface area (Å²) in [5.41, 5.74) is 3.04. The van der Waals surface area contributed by atoms with Gasteiger partial charge in [-0.1, -0.05) is 32.0 Å². The van der Waals surface area contributed by atoms with Crippen LogP contribution in [0.25, 0.3) is 11.8 Å². The summed E-state index contributed by atoms with van der Waals surface area (Å²) >= 11 is 0. The first-order valence-corrected chi connectivity index (χ1v) is 12.6. The van der Waals surface area contributed by atoms with Crippen LogP contribution in [0, 0.1) is 23.7 Å². The molecule has 1 aromatic rings. The van der Waals surface area contributed by atoms with Gasteiger partial charge in [-0.25, -0.2) is 4.79 Å². The van der Waals surface area contributed by atoms with E-state index in [0.29, 0.717) is 11.8 Å². The zero-order valence-corrected chi connectivity index (χ0v) is 21.7. The number of carboxylic acid groups (broad SMARTS) is 1. The monoisotopic (exact) mass is 466 g/mol. The molecule has 2 saturated carbocycles. The van der Waals surface area contributed by atoms with Gasteiger partial charge < -0.3 is 19.2 Å². The molecule has 0 aromatic heterocycles. The summed E-state index contributed by atoms with van der Waals surface area (Å²) in [6.07, 6.45) is 7.79. The van der Waals surface area contributed by atoms with Crippen LogP contribution in [0.2, 0.25) is 0 Å². The van der Waals surface area contributed by atoms with Crippen molar-refractivity contribution < 1.29 is 23.9 Å². The number of allylic oxidation sites excluding steroid dienone is 1. The quantitative estimate of drug-likeness (QED) is 0.351. The van der Waals surface area contributed by atoms with Crippen LogP contribution in [0.3, 0.4) is 0 Å². The molecule has 4 unspecified atom stereocenters. The number of fused-ring (bicyclic) bond motifs is 2. The van der Waals surface area contributed by atoms with Crippen LogP contribution in [0.1, 0.15) is 78.4 Å². The first-order chi connectivity index (χ1) is 15.9. The number of aliphatic carboxylic acids is 1. The Labute approximate surface area is 204 Å². The smallest absolute Gasteiger partial charge is 0.495 e. The molecule has 4 rings (SSSR count). The van der Waals surface area contributed by atoms with E-state index >= 15 is 0 Å². The van der Waals surface area contributed by atoms with Crippen LogP contribution < -0.4 is 5.46 Å². The number of hydrogen-bond acceptors (Lipinski definition) is 4. The molecular weight excluding hydrogens is 427 g/mol. The van der Waals surface area contributed by atoms with Crippen LogP contribution in [-0.4, -0.2) is 36.5 Å². The third-order valence-electron chi connectivity index (χ3n) is 8.43. The van der Waals surface area contributed by atoms with Crippen molar-refractivity contribution in [2.24, 2.45) is 23.7 Å². The lowest BCUT2D eigenvalue weighted by atomic mass is 9.62. The van der Waals surface area contributed by atoms with Crippen LogP contribution in [0.15, 0.2) is 29.8 Å².